The Morgan fingerprint density at radius 2 is 1.81 bits per heavy atom. The molecule has 0 aliphatic heterocycles. The third-order valence-electron chi connectivity index (χ3n) is 3.96. The van der Waals surface area contributed by atoms with Crippen LogP contribution < -0.4 is 5.32 Å². The number of anilines is 1. The normalized spacial score (nSPS) is 10.9. The molecule has 5 nitrogen and oxygen atoms in total. The summed E-state index contributed by atoms with van der Waals surface area (Å²) in [5, 5.41) is 12.5. The Morgan fingerprint density at radius 1 is 1.00 bits per heavy atom. The lowest BCUT2D eigenvalue weighted by Crippen LogP contribution is -2.12. The van der Waals surface area contributed by atoms with Crippen molar-refractivity contribution in [2.45, 2.75) is 0 Å². The lowest BCUT2D eigenvalue weighted by molar-refractivity contribution is 0.102. The van der Waals surface area contributed by atoms with Crippen LogP contribution in [0.15, 0.2) is 74.0 Å². The Balaban J connectivity index is 1.64. The Kier molecular flexibility index (Phi) is 4.72. The molecule has 0 aliphatic carbocycles. The molecule has 4 rings (SSSR count). The van der Waals surface area contributed by atoms with Crippen molar-refractivity contribution in [3.63, 3.8) is 0 Å². The van der Waals surface area contributed by atoms with Crippen molar-refractivity contribution in [1.29, 1.82) is 0 Å². The summed E-state index contributed by atoms with van der Waals surface area (Å²) in [6.45, 7) is 0. The minimum Gasteiger partial charge on any atom is -0.507 e. The van der Waals surface area contributed by atoms with Crippen molar-refractivity contribution < 1.29 is 14.3 Å². The first-order chi connectivity index (χ1) is 13.0. The zero-order valence-electron chi connectivity index (χ0n) is 13.7. The fourth-order valence-corrected chi connectivity index (χ4v) is 3.46. The molecule has 0 atom stereocenters. The van der Waals surface area contributed by atoms with Crippen molar-refractivity contribution in [1.82, 2.24) is 4.98 Å². The number of aromatic hydroxyl groups is 1. The number of fused-ring (bicyclic) bond motifs is 1. The summed E-state index contributed by atoms with van der Waals surface area (Å²) in [5.41, 5.74) is 3.13. The molecule has 0 spiro atoms. The van der Waals surface area contributed by atoms with Crippen LogP contribution in [0.5, 0.6) is 5.75 Å². The van der Waals surface area contributed by atoms with Crippen LogP contribution in [0.3, 0.4) is 0 Å². The van der Waals surface area contributed by atoms with E-state index in [1.807, 2.05) is 18.2 Å². The molecule has 3 aromatic carbocycles. The maximum Gasteiger partial charge on any atom is 0.256 e. The quantitative estimate of drug-likeness (QED) is 0.372. The Morgan fingerprint density at radius 3 is 2.59 bits per heavy atom. The molecule has 27 heavy (non-hydrogen) atoms. The number of hydrogen-bond acceptors (Lipinski definition) is 4. The minimum absolute atomic E-state index is 0.145. The number of benzene rings is 3. The molecule has 0 aliphatic rings. The van der Waals surface area contributed by atoms with Crippen molar-refractivity contribution >= 4 is 54.6 Å². The van der Waals surface area contributed by atoms with Crippen LogP contribution in [0, 0.1) is 0 Å². The molecule has 0 saturated carbocycles. The summed E-state index contributed by atoms with van der Waals surface area (Å²) < 4.78 is 7.06. The molecule has 0 unspecified atom stereocenters. The summed E-state index contributed by atoms with van der Waals surface area (Å²) in [6, 6.07) is 17.5. The highest BCUT2D eigenvalue weighted by atomic mass is 79.9. The van der Waals surface area contributed by atoms with E-state index in [0.717, 1.165) is 10.0 Å². The van der Waals surface area contributed by atoms with Crippen LogP contribution in [0.25, 0.3) is 22.6 Å². The number of nitrogens with one attached hydrogen (secondary N) is 1. The number of halogens is 2. The number of rotatable bonds is 3. The van der Waals surface area contributed by atoms with Crippen LogP contribution in [-0.2, 0) is 0 Å². The number of oxazole rings is 1. The van der Waals surface area contributed by atoms with Gasteiger partial charge in [-0.05, 0) is 80.4 Å². The molecule has 0 saturated heterocycles. The minimum atomic E-state index is -0.215. The van der Waals surface area contributed by atoms with Crippen LogP contribution >= 0.6 is 31.9 Å². The van der Waals surface area contributed by atoms with Gasteiger partial charge in [-0.3, -0.25) is 4.79 Å². The lowest BCUT2D eigenvalue weighted by atomic mass is 10.2. The molecule has 7 heteroatoms. The van der Waals surface area contributed by atoms with E-state index in [2.05, 4.69) is 42.2 Å². The number of carbonyl (C=O) groups excluding carboxylic acids is 1. The van der Waals surface area contributed by atoms with E-state index in [9.17, 15) is 9.90 Å². The average molecular weight is 488 g/mol. The lowest BCUT2D eigenvalue weighted by Gasteiger charge is -2.06. The van der Waals surface area contributed by atoms with Gasteiger partial charge in [0, 0.05) is 15.7 Å². The maximum atomic E-state index is 12.5. The highest BCUT2D eigenvalue weighted by molar-refractivity contribution is 9.10. The predicted molar refractivity (Wildman–Crippen MR) is 111 cm³/mol. The number of phenolic OH excluding ortho intramolecular Hbond substituents is 1. The molecular formula is C20H12Br2N2O3. The zero-order chi connectivity index (χ0) is 19.0. The Hall–Kier alpha value is -2.64. The number of nitrogens with zero attached hydrogens (tertiary/aromatic N) is 1. The smallest absolute Gasteiger partial charge is 0.256 e. The number of amides is 1. The highest BCUT2D eigenvalue weighted by Crippen LogP contribution is 2.31. The summed E-state index contributed by atoms with van der Waals surface area (Å²) >= 11 is 6.66. The number of carbonyl (C=O) groups is 1. The molecule has 2 N–H and O–H groups in total. The first kappa shape index (κ1) is 17.8. The summed E-state index contributed by atoms with van der Waals surface area (Å²) in [5.74, 6) is 0.361. The summed E-state index contributed by atoms with van der Waals surface area (Å²) in [4.78, 5) is 16.9. The topological polar surface area (TPSA) is 75.4 Å². The van der Waals surface area contributed by atoms with Gasteiger partial charge in [0.05, 0.1) is 10.0 Å². The Bertz CT molecular complexity index is 1170. The maximum absolute atomic E-state index is 12.5. The van der Waals surface area contributed by atoms with Crippen LogP contribution in [0.2, 0.25) is 0 Å². The van der Waals surface area contributed by atoms with Gasteiger partial charge in [0.1, 0.15) is 11.3 Å². The molecule has 1 heterocycles. The molecule has 0 bridgehead atoms. The van der Waals surface area contributed by atoms with Gasteiger partial charge in [-0.2, -0.15) is 0 Å². The van der Waals surface area contributed by atoms with Crippen LogP contribution in [0.1, 0.15) is 10.4 Å². The van der Waals surface area contributed by atoms with Crippen molar-refractivity contribution in [3.05, 3.63) is 75.2 Å². The van der Waals surface area contributed by atoms with E-state index in [4.69, 9.17) is 4.42 Å². The Labute approximate surface area is 171 Å². The monoisotopic (exact) mass is 486 g/mol. The van der Waals surface area contributed by atoms with Gasteiger partial charge in [0.15, 0.2) is 5.58 Å². The largest absolute Gasteiger partial charge is 0.507 e. The molecule has 4 aromatic rings. The number of hydrogen-bond donors (Lipinski definition) is 2. The molecule has 1 aromatic heterocycles. The molecule has 1 amide bonds. The molecule has 0 radical (unpaired) electrons. The van der Waals surface area contributed by atoms with Gasteiger partial charge in [-0.1, -0.05) is 12.1 Å². The van der Waals surface area contributed by atoms with E-state index in [0.29, 0.717) is 32.7 Å². The third-order valence-corrected chi connectivity index (χ3v) is 5.29. The van der Waals surface area contributed by atoms with E-state index < -0.39 is 0 Å². The SMILES string of the molecule is O=C(Nc1ccc2oc(-c3ccc(O)c(Br)c3)nc2c1)c1ccccc1Br. The van der Waals surface area contributed by atoms with Gasteiger partial charge >= 0.3 is 0 Å². The van der Waals surface area contributed by atoms with E-state index in [1.165, 1.54) is 0 Å². The highest BCUT2D eigenvalue weighted by Gasteiger charge is 2.13. The molecular weight excluding hydrogens is 476 g/mol. The van der Waals surface area contributed by atoms with Crippen LogP contribution in [0.4, 0.5) is 5.69 Å². The van der Waals surface area contributed by atoms with E-state index in [1.54, 1.807) is 42.5 Å². The standard InChI is InChI=1S/C20H12Br2N2O3/c21-14-4-2-1-3-13(14)19(26)23-12-6-8-18-16(10-12)24-20(27-18)11-5-7-17(25)15(22)9-11/h1-10,25H,(H,23,26). The number of aromatic nitrogens is 1. The zero-order valence-corrected chi connectivity index (χ0v) is 16.9. The molecule has 134 valence electrons. The van der Waals surface area contributed by atoms with Gasteiger partial charge in [-0.25, -0.2) is 4.98 Å². The third kappa shape index (κ3) is 3.61. The average Bonchev–Trinajstić information content (AvgIpc) is 3.07. The second kappa shape index (κ2) is 7.17. The molecule has 0 fully saturated rings. The van der Waals surface area contributed by atoms with Crippen molar-refractivity contribution in [2.75, 3.05) is 5.32 Å². The summed E-state index contributed by atoms with van der Waals surface area (Å²) in [7, 11) is 0. The van der Waals surface area contributed by atoms with Crippen LogP contribution in [-0.4, -0.2) is 16.0 Å². The van der Waals surface area contributed by atoms with Crippen molar-refractivity contribution in [3.8, 4) is 17.2 Å². The van der Waals surface area contributed by atoms with Gasteiger partial charge in [0.2, 0.25) is 5.89 Å². The second-order valence-electron chi connectivity index (χ2n) is 5.80. The van der Waals surface area contributed by atoms with Crippen molar-refractivity contribution in [2.24, 2.45) is 0 Å². The van der Waals surface area contributed by atoms with Gasteiger partial charge < -0.3 is 14.8 Å². The summed E-state index contributed by atoms with van der Waals surface area (Å²) in [6.07, 6.45) is 0. The number of phenols is 1. The first-order valence-corrected chi connectivity index (χ1v) is 9.55. The first-order valence-electron chi connectivity index (χ1n) is 7.96. The van der Waals surface area contributed by atoms with E-state index in [-0.39, 0.29) is 11.7 Å². The second-order valence-corrected chi connectivity index (χ2v) is 7.51. The van der Waals surface area contributed by atoms with Gasteiger partial charge in [-0.15, -0.1) is 0 Å². The fourth-order valence-electron chi connectivity index (χ4n) is 2.61. The van der Waals surface area contributed by atoms with Gasteiger partial charge in [0.25, 0.3) is 5.91 Å². The van der Waals surface area contributed by atoms with E-state index >= 15 is 0 Å². The fraction of sp³-hybridized carbons (Fsp3) is 0. The predicted octanol–water partition coefficient (Wildman–Crippen LogP) is 5.98.